The lowest BCUT2D eigenvalue weighted by Crippen LogP contribution is -2.16. The molecule has 0 radical (unpaired) electrons. The van der Waals surface area contributed by atoms with Gasteiger partial charge in [0.15, 0.2) is 0 Å². The predicted molar refractivity (Wildman–Crippen MR) is 85.5 cm³/mol. The number of fused-ring (bicyclic) bond motifs is 1. The highest BCUT2D eigenvalue weighted by atomic mass is 19.1. The van der Waals surface area contributed by atoms with Crippen molar-refractivity contribution < 1.29 is 13.9 Å². The van der Waals surface area contributed by atoms with Crippen LogP contribution in [0.25, 0.3) is 5.65 Å². The number of carbonyl (C=O) groups excluding carboxylic acids is 1. The van der Waals surface area contributed by atoms with Crippen LogP contribution < -0.4 is 10.1 Å². The molecule has 0 saturated heterocycles. The van der Waals surface area contributed by atoms with E-state index in [0.717, 1.165) is 0 Å². The van der Waals surface area contributed by atoms with Crippen molar-refractivity contribution in [2.24, 2.45) is 0 Å². The van der Waals surface area contributed by atoms with Gasteiger partial charge in [-0.3, -0.25) is 9.20 Å². The van der Waals surface area contributed by atoms with Gasteiger partial charge >= 0.3 is 0 Å². The van der Waals surface area contributed by atoms with Gasteiger partial charge in [0.05, 0.1) is 12.8 Å². The van der Waals surface area contributed by atoms with Crippen LogP contribution in [0.5, 0.6) is 5.75 Å². The predicted octanol–water partition coefficient (Wildman–Crippen LogP) is 3.30. The molecule has 0 atom stereocenters. The number of methoxy groups -OCH3 is 1. The van der Waals surface area contributed by atoms with Crippen LogP contribution in [0.4, 0.5) is 10.1 Å². The molecule has 2 heterocycles. The Kier molecular flexibility index (Phi) is 3.97. The standard InChI is InChI=1S/C17H16FN3O2/c1-3-14-16(21-10-11(18)7-8-15(21)20-14)17(22)19-12-5-4-6-13(9-12)23-2/h4-10H,3H2,1-2H3,(H,19,22). The molecule has 0 spiro atoms. The van der Waals surface area contributed by atoms with Gasteiger partial charge in [0.25, 0.3) is 5.91 Å². The number of rotatable bonds is 4. The van der Waals surface area contributed by atoms with Gasteiger partial charge in [-0.25, -0.2) is 9.37 Å². The second kappa shape index (κ2) is 6.08. The third kappa shape index (κ3) is 2.88. The zero-order chi connectivity index (χ0) is 16.4. The number of ether oxygens (including phenoxy) is 1. The summed E-state index contributed by atoms with van der Waals surface area (Å²) >= 11 is 0. The van der Waals surface area contributed by atoms with Gasteiger partial charge in [-0.05, 0) is 30.7 Å². The van der Waals surface area contributed by atoms with E-state index in [1.54, 1.807) is 37.4 Å². The Morgan fingerprint density at radius 2 is 2.17 bits per heavy atom. The smallest absolute Gasteiger partial charge is 0.274 e. The Morgan fingerprint density at radius 3 is 2.91 bits per heavy atom. The summed E-state index contributed by atoms with van der Waals surface area (Å²) in [4.78, 5) is 17.0. The highest BCUT2D eigenvalue weighted by molar-refractivity contribution is 6.04. The molecule has 5 nitrogen and oxygen atoms in total. The number of nitrogens with one attached hydrogen (secondary N) is 1. The van der Waals surface area contributed by atoms with Crippen molar-refractivity contribution in [2.45, 2.75) is 13.3 Å². The van der Waals surface area contributed by atoms with Crippen LogP contribution in [0.15, 0.2) is 42.6 Å². The summed E-state index contributed by atoms with van der Waals surface area (Å²) in [5.74, 6) is -0.121. The van der Waals surface area contributed by atoms with Crippen LogP contribution in [0.3, 0.4) is 0 Å². The second-order valence-electron chi connectivity index (χ2n) is 5.02. The number of hydrogen-bond acceptors (Lipinski definition) is 3. The lowest BCUT2D eigenvalue weighted by Gasteiger charge is -2.08. The number of imidazole rings is 1. The van der Waals surface area contributed by atoms with Crippen LogP contribution in [0.1, 0.15) is 23.1 Å². The molecule has 23 heavy (non-hydrogen) atoms. The molecular formula is C17H16FN3O2. The number of pyridine rings is 1. The molecule has 1 N–H and O–H groups in total. The molecule has 2 aromatic heterocycles. The molecule has 3 aromatic rings. The fourth-order valence-electron chi connectivity index (χ4n) is 2.45. The third-order valence-corrected chi connectivity index (χ3v) is 3.53. The number of aryl methyl sites for hydroxylation is 1. The number of benzene rings is 1. The highest BCUT2D eigenvalue weighted by Gasteiger charge is 2.18. The number of anilines is 1. The van der Waals surface area contributed by atoms with Gasteiger partial charge in [-0.2, -0.15) is 0 Å². The molecule has 6 heteroatoms. The lowest BCUT2D eigenvalue weighted by molar-refractivity contribution is 0.102. The van der Waals surface area contributed by atoms with Gasteiger partial charge in [-0.15, -0.1) is 0 Å². The number of halogens is 1. The van der Waals surface area contributed by atoms with E-state index in [1.807, 2.05) is 6.92 Å². The maximum absolute atomic E-state index is 13.5. The normalized spacial score (nSPS) is 10.7. The fraction of sp³-hybridized carbons (Fsp3) is 0.176. The largest absolute Gasteiger partial charge is 0.497 e. The van der Waals surface area contributed by atoms with Crippen LogP contribution >= 0.6 is 0 Å². The van der Waals surface area contributed by atoms with Crippen LogP contribution in [0.2, 0.25) is 0 Å². The molecule has 1 amide bonds. The number of amides is 1. The van der Waals surface area contributed by atoms with Crippen molar-refractivity contribution in [3.8, 4) is 5.75 Å². The maximum Gasteiger partial charge on any atom is 0.274 e. The number of carbonyl (C=O) groups is 1. The SMILES string of the molecule is CCc1nc2ccc(F)cn2c1C(=O)Nc1cccc(OC)c1. The molecule has 118 valence electrons. The van der Waals surface area contributed by atoms with E-state index in [9.17, 15) is 9.18 Å². The Labute approximate surface area is 132 Å². The Hall–Kier alpha value is -2.89. The molecule has 0 aliphatic rings. The minimum atomic E-state index is -0.423. The van der Waals surface area contributed by atoms with E-state index in [1.165, 1.54) is 16.7 Å². The fourth-order valence-corrected chi connectivity index (χ4v) is 2.45. The summed E-state index contributed by atoms with van der Waals surface area (Å²) in [6.07, 6.45) is 1.84. The average Bonchev–Trinajstić information content (AvgIpc) is 2.92. The summed E-state index contributed by atoms with van der Waals surface area (Å²) in [7, 11) is 1.56. The van der Waals surface area contributed by atoms with Gasteiger partial charge in [0, 0.05) is 18.0 Å². The van der Waals surface area contributed by atoms with E-state index in [0.29, 0.717) is 34.9 Å². The van der Waals surface area contributed by atoms with Gasteiger partial charge in [0.1, 0.15) is 22.9 Å². The van der Waals surface area contributed by atoms with Crippen LogP contribution in [-0.4, -0.2) is 22.4 Å². The number of aromatic nitrogens is 2. The van der Waals surface area contributed by atoms with E-state index in [4.69, 9.17) is 4.74 Å². The van der Waals surface area contributed by atoms with Gasteiger partial charge < -0.3 is 10.1 Å². The molecule has 0 aliphatic heterocycles. The van der Waals surface area contributed by atoms with Crippen molar-refractivity contribution >= 4 is 17.2 Å². The van der Waals surface area contributed by atoms with Crippen molar-refractivity contribution in [1.29, 1.82) is 0 Å². The summed E-state index contributed by atoms with van der Waals surface area (Å²) in [5.41, 5.74) is 2.10. The van der Waals surface area contributed by atoms with E-state index < -0.39 is 5.82 Å². The van der Waals surface area contributed by atoms with Crippen LogP contribution in [0, 0.1) is 5.82 Å². The molecule has 0 unspecified atom stereocenters. The van der Waals surface area contributed by atoms with Crippen molar-refractivity contribution in [2.75, 3.05) is 12.4 Å². The van der Waals surface area contributed by atoms with Gasteiger partial charge in [-0.1, -0.05) is 13.0 Å². The Balaban J connectivity index is 2.01. The molecule has 3 rings (SSSR count). The van der Waals surface area contributed by atoms with Crippen molar-refractivity contribution in [1.82, 2.24) is 9.38 Å². The number of nitrogens with zero attached hydrogens (tertiary/aromatic N) is 2. The first-order valence-electron chi connectivity index (χ1n) is 7.24. The van der Waals surface area contributed by atoms with Crippen LogP contribution in [-0.2, 0) is 6.42 Å². The minimum Gasteiger partial charge on any atom is -0.497 e. The van der Waals surface area contributed by atoms with E-state index in [-0.39, 0.29) is 5.91 Å². The maximum atomic E-state index is 13.5. The van der Waals surface area contributed by atoms with E-state index >= 15 is 0 Å². The molecule has 0 saturated carbocycles. The first-order chi connectivity index (χ1) is 11.1. The third-order valence-electron chi connectivity index (χ3n) is 3.53. The summed E-state index contributed by atoms with van der Waals surface area (Å²) < 4.78 is 20.1. The first-order valence-corrected chi connectivity index (χ1v) is 7.24. The monoisotopic (exact) mass is 313 g/mol. The van der Waals surface area contributed by atoms with Crippen molar-refractivity contribution in [3.63, 3.8) is 0 Å². The lowest BCUT2D eigenvalue weighted by atomic mass is 10.2. The number of hydrogen-bond donors (Lipinski definition) is 1. The second-order valence-corrected chi connectivity index (χ2v) is 5.02. The first kappa shape index (κ1) is 15.0. The molecule has 0 bridgehead atoms. The summed E-state index contributed by atoms with van der Waals surface area (Å²) in [6, 6.07) is 9.92. The minimum absolute atomic E-state index is 0.338. The highest BCUT2D eigenvalue weighted by Crippen LogP contribution is 2.20. The molecular weight excluding hydrogens is 297 g/mol. The quantitative estimate of drug-likeness (QED) is 0.804. The summed E-state index contributed by atoms with van der Waals surface area (Å²) in [5, 5.41) is 2.80. The van der Waals surface area contributed by atoms with Crippen molar-refractivity contribution in [3.05, 3.63) is 59.8 Å². The zero-order valence-corrected chi connectivity index (χ0v) is 12.8. The topological polar surface area (TPSA) is 55.6 Å². The summed E-state index contributed by atoms with van der Waals surface area (Å²) in [6.45, 7) is 1.90. The zero-order valence-electron chi connectivity index (χ0n) is 12.8. The Bertz CT molecular complexity index is 873. The van der Waals surface area contributed by atoms with Gasteiger partial charge in [0.2, 0.25) is 0 Å². The van der Waals surface area contributed by atoms with E-state index in [2.05, 4.69) is 10.3 Å². The molecule has 0 fully saturated rings. The average molecular weight is 313 g/mol. The Morgan fingerprint density at radius 1 is 1.35 bits per heavy atom. The molecule has 1 aromatic carbocycles. The molecule has 0 aliphatic carbocycles.